The summed E-state index contributed by atoms with van der Waals surface area (Å²) in [7, 11) is 0. The zero-order valence-electron chi connectivity index (χ0n) is 5.16. The lowest BCUT2D eigenvalue weighted by Crippen LogP contribution is -2.32. The van der Waals surface area contributed by atoms with Crippen LogP contribution in [0.3, 0.4) is 0 Å². The third kappa shape index (κ3) is 2.02. The van der Waals surface area contributed by atoms with Gasteiger partial charge in [-0.2, -0.15) is 0 Å². The molecule has 1 saturated heterocycles. The lowest BCUT2D eigenvalue weighted by Gasteiger charge is -1.95. The summed E-state index contributed by atoms with van der Waals surface area (Å²) in [6.07, 6.45) is -0.403. The molecule has 1 heterocycles. The van der Waals surface area contributed by atoms with E-state index in [1.165, 1.54) is 0 Å². The van der Waals surface area contributed by atoms with Gasteiger partial charge in [-0.25, -0.2) is 0 Å². The van der Waals surface area contributed by atoms with Gasteiger partial charge in [-0.1, -0.05) is 0 Å². The van der Waals surface area contributed by atoms with E-state index in [1.807, 2.05) is 0 Å². The molecule has 1 atom stereocenters. The fourth-order valence-corrected chi connectivity index (χ4v) is 0.476. The van der Waals surface area contributed by atoms with Crippen LogP contribution in [0.2, 0.25) is 0 Å². The second-order valence-electron chi connectivity index (χ2n) is 1.93. The van der Waals surface area contributed by atoms with Gasteiger partial charge in [0.05, 0.1) is 6.61 Å². The molecule has 0 aliphatic carbocycles. The van der Waals surface area contributed by atoms with E-state index in [4.69, 9.17) is 5.11 Å². The molecule has 1 rings (SSSR count). The largest absolute Gasteiger partial charge is 0.480 e. The van der Waals surface area contributed by atoms with Gasteiger partial charge in [-0.05, 0) is 0 Å². The quantitative estimate of drug-likeness (QED) is 0.478. The minimum Gasteiger partial charge on any atom is -0.480 e. The number of ether oxygens (including phenoxy) is 1. The van der Waals surface area contributed by atoms with E-state index in [0.717, 1.165) is 0 Å². The molecule has 0 saturated carbocycles. The van der Waals surface area contributed by atoms with Crippen LogP contribution in [0.5, 0.6) is 0 Å². The molecule has 1 amide bonds. The van der Waals surface area contributed by atoms with Crippen molar-refractivity contribution in [3.05, 3.63) is 0 Å². The number of carbonyl (C=O) groups excluding carboxylic acids is 1. The predicted octanol–water partition coefficient (Wildman–Crippen LogP) is -1.41. The number of carbonyl (C=O) groups is 2. The zero-order valence-corrected chi connectivity index (χ0v) is 5.16. The van der Waals surface area contributed by atoms with Crippen molar-refractivity contribution in [1.29, 1.82) is 0 Å². The third-order valence-corrected chi connectivity index (χ3v) is 1.04. The highest BCUT2D eigenvalue weighted by Crippen LogP contribution is 2.07. The highest BCUT2D eigenvalue weighted by Gasteiger charge is 2.31. The van der Waals surface area contributed by atoms with Gasteiger partial charge in [0.25, 0.3) is 5.91 Å². The molecule has 0 radical (unpaired) electrons. The molecule has 0 aromatic rings. The fraction of sp³-hybridized carbons (Fsp3) is 0.600. The lowest BCUT2D eigenvalue weighted by atomic mass is 10.4. The molecular formula is C5H7NO4. The van der Waals surface area contributed by atoms with E-state index in [-0.39, 0.29) is 12.5 Å². The molecule has 5 nitrogen and oxygen atoms in total. The van der Waals surface area contributed by atoms with Crippen molar-refractivity contribution in [1.82, 2.24) is 5.32 Å². The van der Waals surface area contributed by atoms with Gasteiger partial charge in [-0.3, -0.25) is 9.59 Å². The van der Waals surface area contributed by atoms with Crippen LogP contribution < -0.4 is 5.32 Å². The Labute approximate surface area is 57.0 Å². The van der Waals surface area contributed by atoms with Crippen molar-refractivity contribution < 1.29 is 19.4 Å². The number of carboxylic acid groups (broad SMARTS) is 1. The molecule has 1 fully saturated rings. The van der Waals surface area contributed by atoms with Crippen LogP contribution in [0.25, 0.3) is 0 Å². The minimum atomic E-state index is -1.05. The van der Waals surface area contributed by atoms with Gasteiger partial charge in [-0.15, -0.1) is 0 Å². The van der Waals surface area contributed by atoms with Crippen molar-refractivity contribution in [2.75, 3.05) is 13.2 Å². The summed E-state index contributed by atoms with van der Waals surface area (Å²) in [5, 5.41) is 10.3. The fourth-order valence-electron chi connectivity index (χ4n) is 0.476. The predicted molar refractivity (Wildman–Crippen MR) is 30.4 cm³/mol. The summed E-state index contributed by atoms with van der Waals surface area (Å²) in [5.41, 5.74) is 0. The molecule has 56 valence electrons. The van der Waals surface area contributed by atoms with Crippen LogP contribution in [-0.4, -0.2) is 36.2 Å². The van der Waals surface area contributed by atoms with Gasteiger partial charge in [0, 0.05) is 0 Å². The molecule has 1 aliphatic heterocycles. The van der Waals surface area contributed by atoms with E-state index in [9.17, 15) is 9.59 Å². The maximum atomic E-state index is 10.6. The average Bonchev–Trinajstić information content (AvgIpc) is 2.63. The second kappa shape index (κ2) is 2.66. The Morgan fingerprint density at radius 1 is 1.70 bits per heavy atom. The summed E-state index contributed by atoms with van der Waals surface area (Å²) in [6, 6.07) is 0. The van der Waals surface area contributed by atoms with E-state index in [1.54, 1.807) is 0 Å². The number of hydrogen-bond acceptors (Lipinski definition) is 3. The standard InChI is InChI=1S/C5H7NO4/c7-4(8)1-6-5(9)3-2-10-3/h3H,1-2H2,(H,6,9)(H,7,8)/t3-/m1/s1. The number of amides is 1. The second-order valence-corrected chi connectivity index (χ2v) is 1.93. The summed E-state index contributed by atoms with van der Waals surface area (Å²) < 4.78 is 4.60. The Bertz CT molecular complexity index is 163. The first-order valence-electron chi connectivity index (χ1n) is 2.81. The molecular weight excluding hydrogens is 138 g/mol. The SMILES string of the molecule is O=C(O)CNC(=O)[C@H]1CO1. The molecule has 5 heteroatoms. The van der Waals surface area contributed by atoms with E-state index in [0.29, 0.717) is 6.61 Å². The lowest BCUT2D eigenvalue weighted by molar-refractivity contribution is -0.138. The van der Waals surface area contributed by atoms with Crippen LogP contribution in [0.15, 0.2) is 0 Å². The number of carboxylic acids is 1. The van der Waals surface area contributed by atoms with Crippen molar-refractivity contribution in [2.45, 2.75) is 6.10 Å². The van der Waals surface area contributed by atoms with Crippen LogP contribution in [0.4, 0.5) is 0 Å². The summed E-state index contributed by atoms with van der Waals surface area (Å²) >= 11 is 0. The van der Waals surface area contributed by atoms with Gasteiger partial charge in [0.15, 0.2) is 6.10 Å². The van der Waals surface area contributed by atoms with Crippen LogP contribution in [0.1, 0.15) is 0 Å². The van der Waals surface area contributed by atoms with Crippen molar-refractivity contribution in [3.63, 3.8) is 0 Å². The highest BCUT2D eigenvalue weighted by atomic mass is 16.6. The molecule has 0 bridgehead atoms. The summed E-state index contributed by atoms with van der Waals surface area (Å²) in [4.78, 5) is 20.5. The van der Waals surface area contributed by atoms with Crippen molar-refractivity contribution in [2.24, 2.45) is 0 Å². The van der Waals surface area contributed by atoms with Gasteiger partial charge in [0.1, 0.15) is 6.54 Å². The molecule has 0 aromatic carbocycles. The highest BCUT2D eigenvalue weighted by molar-refractivity contribution is 5.85. The molecule has 0 unspecified atom stereocenters. The number of hydrogen-bond donors (Lipinski definition) is 2. The Hall–Kier alpha value is -1.10. The molecule has 0 aromatic heterocycles. The first-order chi connectivity index (χ1) is 4.70. The van der Waals surface area contributed by atoms with Gasteiger partial charge in [0.2, 0.25) is 0 Å². The number of nitrogens with one attached hydrogen (secondary N) is 1. The number of rotatable bonds is 3. The van der Waals surface area contributed by atoms with Crippen LogP contribution >= 0.6 is 0 Å². The number of epoxide rings is 1. The third-order valence-electron chi connectivity index (χ3n) is 1.04. The minimum absolute atomic E-state index is 0.335. The van der Waals surface area contributed by atoms with E-state index in [2.05, 4.69) is 10.1 Å². The summed E-state index contributed by atoms with van der Waals surface area (Å²) in [6.45, 7) is 0.0736. The van der Waals surface area contributed by atoms with E-state index >= 15 is 0 Å². The summed E-state index contributed by atoms with van der Waals surface area (Å²) in [5.74, 6) is -1.39. The average molecular weight is 145 g/mol. The van der Waals surface area contributed by atoms with Crippen LogP contribution in [-0.2, 0) is 14.3 Å². The smallest absolute Gasteiger partial charge is 0.322 e. The van der Waals surface area contributed by atoms with Gasteiger partial charge < -0.3 is 15.2 Å². The Balaban J connectivity index is 2.12. The molecule has 2 N–H and O–H groups in total. The first-order valence-corrected chi connectivity index (χ1v) is 2.81. The van der Waals surface area contributed by atoms with Crippen molar-refractivity contribution >= 4 is 11.9 Å². The molecule has 10 heavy (non-hydrogen) atoms. The topological polar surface area (TPSA) is 78.9 Å². The monoisotopic (exact) mass is 145 g/mol. The maximum Gasteiger partial charge on any atom is 0.322 e. The molecule has 1 aliphatic rings. The normalized spacial score (nSPS) is 21.8. The Kier molecular flexibility index (Phi) is 1.86. The molecule has 0 spiro atoms. The van der Waals surface area contributed by atoms with Crippen molar-refractivity contribution in [3.8, 4) is 0 Å². The van der Waals surface area contributed by atoms with Gasteiger partial charge >= 0.3 is 5.97 Å². The zero-order chi connectivity index (χ0) is 7.56. The number of aliphatic carboxylic acids is 1. The first kappa shape index (κ1) is 7.01. The maximum absolute atomic E-state index is 10.6. The van der Waals surface area contributed by atoms with Crippen LogP contribution in [0, 0.1) is 0 Å². The Morgan fingerprint density at radius 2 is 2.30 bits per heavy atom. The Morgan fingerprint density at radius 3 is 2.70 bits per heavy atom. The van der Waals surface area contributed by atoms with E-state index < -0.39 is 12.1 Å².